The van der Waals surface area contributed by atoms with Crippen LogP contribution in [0.4, 0.5) is 4.79 Å². The summed E-state index contributed by atoms with van der Waals surface area (Å²) in [5, 5.41) is 4.74. The Morgan fingerprint density at radius 2 is 1.61 bits per heavy atom. The maximum Gasteiger partial charge on any atom is 0.408 e. The van der Waals surface area contributed by atoms with Crippen LogP contribution in [-0.4, -0.2) is 35.9 Å². The van der Waals surface area contributed by atoms with E-state index in [0.717, 1.165) is 22.9 Å². The fourth-order valence-electron chi connectivity index (χ4n) is 3.12. The molecule has 3 atom stereocenters. The number of nitrogens with one attached hydrogen (secondary N) is 1. The molecule has 31 heavy (non-hydrogen) atoms. The molecule has 0 spiro atoms. The minimum atomic E-state index is -0.835. The van der Waals surface area contributed by atoms with Crippen LogP contribution in [0.2, 0.25) is 0 Å². The molecular weight excluding hydrogens is 394 g/mol. The van der Waals surface area contributed by atoms with Crippen LogP contribution >= 0.6 is 0 Å². The number of hydrogen-bond acceptors (Lipinski definition) is 5. The van der Waals surface area contributed by atoms with E-state index in [2.05, 4.69) is 19.2 Å². The van der Waals surface area contributed by atoms with Crippen molar-refractivity contribution in [2.45, 2.75) is 78.7 Å². The van der Waals surface area contributed by atoms with E-state index in [0.29, 0.717) is 5.92 Å². The highest BCUT2D eigenvalue weighted by molar-refractivity contribution is 5.83. The number of amides is 1. The first-order valence-corrected chi connectivity index (χ1v) is 10.8. The van der Waals surface area contributed by atoms with E-state index in [1.807, 2.05) is 49.4 Å². The molecule has 0 aliphatic rings. The molecule has 0 fully saturated rings. The summed E-state index contributed by atoms with van der Waals surface area (Å²) in [5.41, 5.74) is -0.642. The zero-order valence-electron chi connectivity index (χ0n) is 19.6. The minimum Gasteiger partial charge on any atom is -0.487 e. The van der Waals surface area contributed by atoms with Gasteiger partial charge in [0.2, 0.25) is 0 Å². The Hall–Kier alpha value is -2.76. The second-order valence-electron chi connectivity index (χ2n) is 9.30. The second-order valence-corrected chi connectivity index (χ2v) is 9.30. The van der Waals surface area contributed by atoms with Crippen molar-refractivity contribution in [1.29, 1.82) is 0 Å². The highest BCUT2D eigenvalue weighted by Gasteiger charge is 2.28. The Morgan fingerprint density at radius 3 is 2.23 bits per heavy atom. The molecule has 1 amide bonds. The maximum absolute atomic E-state index is 12.5. The third-order valence-electron chi connectivity index (χ3n) is 4.62. The Labute approximate surface area is 185 Å². The molecular formula is C25H35NO5. The van der Waals surface area contributed by atoms with Crippen LogP contribution in [0, 0.1) is 5.92 Å². The molecule has 0 saturated heterocycles. The van der Waals surface area contributed by atoms with E-state index in [4.69, 9.17) is 14.2 Å². The van der Waals surface area contributed by atoms with Crippen LogP contribution in [0.3, 0.4) is 0 Å². The van der Waals surface area contributed by atoms with Crippen LogP contribution in [0.1, 0.15) is 54.9 Å². The summed E-state index contributed by atoms with van der Waals surface area (Å²) < 4.78 is 17.1. The average molecular weight is 430 g/mol. The van der Waals surface area contributed by atoms with Gasteiger partial charge in [-0.05, 0) is 69.9 Å². The van der Waals surface area contributed by atoms with Gasteiger partial charge in [0.15, 0.2) is 0 Å². The summed E-state index contributed by atoms with van der Waals surface area (Å²) in [6.07, 6.45) is -0.756. The van der Waals surface area contributed by atoms with Gasteiger partial charge in [0.1, 0.15) is 29.6 Å². The fourth-order valence-corrected chi connectivity index (χ4v) is 3.12. The van der Waals surface area contributed by atoms with E-state index in [9.17, 15) is 9.59 Å². The lowest BCUT2D eigenvalue weighted by molar-refractivity contribution is -0.155. The van der Waals surface area contributed by atoms with Crippen LogP contribution in [0.15, 0.2) is 42.5 Å². The number of ether oxygens (including phenoxy) is 3. The second kappa shape index (κ2) is 10.5. The summed E-state index contributed by atoms with van der Waals surface area (Å²) in [6, 6.07) is 13.2. The lowest BCUT2D eigenvalue weighted by atomic mass is 10.0. The monoisotopic (exact) mass is 429 g/mol. The normalized spacial score (nSPS) is 14.6. The first kappa shape index (κ1) is 24.5. The summed E-state index contributed by atoms with van der Waals surface area (Å²) in [5.74, 6) is 0.547. The zero-order valence-corrected chi connectivity index (χ0v) is 19.6. The van der Waals surface area contributed by atoms with Crippen molar-refractivity contribution in [3.05, 3.63) is 42.5 Å². The first-order valence-electron chi connectivity index (χ1n) is 10.8. The third kappa shape index (κ3) is 8.12. The minimum absolute atomic E-state index is 0.321. The van der Waals surface area contributed by atoms with E-state index in [-0.39, 0.29) is 6.10 Å². The van der Waals surface area contributed by atoms with Gasteiger partial charge in [-0.15, -0.1) is 0 Å². The standard InChI is InChI=1S/C25H35NO5/c1-16(2)14-22(30-21-13-12-19-10-8-9-11-20(19)15-21)18(4)29-23(27)17(3)26-24(28)31-25(5,6)7/h8-13,15-18,22H,14H2,1-7H3,(H,26,28)/t17-,18-,22+/m0/s1. The van der Waals surface area contributed by atoms with E-state index >= 15 is 0 Å². The van der Waals surface area contributed by atoms with E-state index in [1.54, 1.807) is 27.7 Å². The molecule has 6 heteroatoms. The van der Waals surface area contributed by atoms with Crippen molar-refractivity contribution >= 4 is 22.8 Å². The number of carbonyl (C=O) groups is 2. The van der Waals surface area contributed by atoms with Gasteiger partial charge in [-0.25, -0.2) is 9.59 Å². The number of esters is 1. The number of hydrogen-bond donors (Lipinski definition) is 1. The highest BCUT2D eigenvalue weighted by Crippen LogP contribution is 2.24. The number of benzene rings is 2. The molecule has 2 aromatic rings. The summed E-state index contributed by atoms with van der Waals surface area (Å²) in [4.78, 5) is 24.4. The van der Waals surface area contributed by atoms with E-state index < -0.39 is 29.8 Å². The van der Waals surface area contributed by atoms with Gasteiger partial charge in [0.25, 0.3) is 0 Å². The van der Waals surface area contributed by atoms with Crippen molar-refractivity contribution in [2.75, 3.05) is 0 Å². The fraction of sp³-hybridized carbons (Fsp3) is 0.520. The summed E-state index contributed by atoms with van der Waals surface area (Å²) in [7, 11) is 0. The van der Waals surface area contributed by atoms with Gasteiger partial charge < -0.3 is 19.5 Å². The molecule has 0 aromatic heterocycles. The topological polar surface area (TPSA) is 73.9 Å². The number of carbonyl (C=O) groups excluding carboxylic acids is 2. The van der Waals surface area contributed by atoms with Crippen molar-refractivity contribution < 1.29 is 23.8 Å². The molecule has 1 N–H and O–H groups in total. The Bertz CT molecular complexity index is 887. The number of rotatable bonds is 8. The van der Waals surface area contributed by atoms with Gasteiger partial charge in [-0.2, -0.15) is 0 Å². The Balaban J connectivity index is 2.03. The van der Waals surface area contributed by atoms with Gasteiger partial charge >= 0.3 is 12.1 Å². The van der Waals surface area contributed by atoms with Gasteiger partial charge in [0.05, 0.1) is 0 Å². The van der Waals surface area contributed by atoms with Gasteiger partial charge in [0, 0.05) is 0 Å². The third-order valence-corrected chi connectivity index (χ3v) is 4.62. The van der Waals surface area contributed by atoms with Crippen LogP contribution in [0.5, 0.6) is 5.75 Å². The van der Waals surface area contributed by atoms with Crippen LogP contribution in [-0.2, 0) is 14.3 Å². The molecule has 0 bridgehead atoms. The number of alkyl carbamates (subject to hydrolysis) is 1. The smallest absolute Gasteiger partial charge is 0.408 e. The maximum atomic E-state index is 12.5. The molecule has 0 aliphatic heterocycles. The summed E-state index contributed by atoms with van der Waals surface area (Å²) in [6.45, 7) is 12.9. The Kier molecular flexibility index (Phi) is 8.31. The van der Waals surface area contributed by atoms with Crippen molar-refractivity contribution in [1.82, 2.24) is 5.32 Å². The highest BCUT2D eigenvalue weighted by atomic mass is 16.6. The molecule has 2 rings (SSSR count). The molecule has 0 saturated carbocycles. The largest absolute Gasteiger partial charge is 0.487 e. The lowest BCUT2D eigenvalue weighted by Crippen LogP contribution is -2.45. The molecule has 6 nitrogen and oxygen atoms in total. The van der Waals surface area contributed by atoms with Crippen molar-refractivity contribution in [3.63, 3.8) is 0 Å². The Morgan fingerprint density at radius 1 is 0.968 bits per heavy atom. The number of fused-ring (bicyclic) bond motifs is 1. The van der Waals surface area contributed by atoms with Gasteiger partial charge in [-0.3, -0.25) is 0 Å². The van der Waals surface area contributed by atoms with E-state index in [1.165, 1.54) is 0 Å². The van der Waals surface area contributed by atoms with Crippen LogP contribution in [0.25, 0.3) is 10.8 Å². The van der Waals surface area contributed by atoms with Crippen molar-refractivity contribution in [3.8, 4) is 5.75 Å². The van der Waals surface area contributed by atoms with Crippen molar-refractivity contribution in [2.24, 2.45) is 5.92 Å². The lowest BCUT2D eigenvalue weighted by Gasteiger charge is -2.28. The molecule has 170 valence electrons. The summed E-state index contributed by atoms with van der Waals surface area (Å²) >= 11 is 0. The first-order chi connectivity index (χ1) is 14.4. The quantitative estimate of drug-likeness (QED) is 0.563. The van der Waals surface area contributed by atoms with Crippen LogP contribution < -0.4 is 10.1 Å². The molecule has 0 aliphatic carbocycles. The molecule has 0 radical (unpaired) electrons. The molecule has 2 aromatic carbocycles. The predicted molar refractivity (Wildman–Crippen MR) is 122 cm³/mol. The van der Waals surface area contributed by atoms with Gasteiger partial charge in [-0.1, -0.05) is 44.2 Å². The molecule has 0 unspecified atom stereocenters. The SMILES string of the molecule is CC(C)C[C@@H](Oc1ccc2ccccc2c1)[C@H](C)OC(=O)[C@H](C)NC(=O)OC(C)(C)C. The molecule has 0 heterocycles. The average Bonchev–Trinajstić information content (AvgIpc) is 2.65. The predicted octanol–water partition coefficient (Wildman–Crippen LogP) is 5.48. The zero-order chi connectivity index (χ0) is 23.2.